The van der Waals surface area contributed by atoms with Crippen molar-refractivity contribution in [2.45, 2.75) is 39.3 Å². The average Bonchev–Trinajstić information content (AvgIpc) is 2.48. The molecular formula is C18H22BrNO. The second kappa shape index (κ2) is 5.62. The Hall–Kier alpha value is -1.06. The molecule has 1 N–H and O–H groups in total. The Morgan fingerprint density at radius 2 is 2.00 bits per heavy atom. The van der Waals surface area contributed by atoms with Gasteiger partial charge < -0.3 is 10.1 Å². The highest BCUT2D eigenvalue weighted by Gasteiger charge is 2.49. The van der Waals surface area contributed by atoms with Crippen LogP contribution in [-0.2, 0) is 0 Å². The van der Waals surface area contributed by atoms with E-state index in [1.54, 1.807) is 0 Å². The van der Waals surface area contributed by atoms with Crippen molar-refractivity contribution in [1.82, 2.24) is 5.32 Å². The van der Waals surface area contributed by atoms with Crippen LogP contribution >= 0.6 is 15.9 Å². The van der Waals surface area contributed by atoms with Crippen LogP contribution in [0.25, 0.3) is 10.8 Å². The standard InChI is InChI=1S/C18H22BrNO/c1-4-20-15-11-16(18(15,2)3)21-14-10-9-12-7-5-6-8-13(12)17(14)19/h5-10,15-16,20H,4,11H2,1-3H3. The molecule has 21 heavy (non-hydrogen) atoms. The molecule has 2 atom stereocenters. The van der Waals surface area contributed by atoms with Gasteiger partial charge in [0.2, 0.25) is 0 Å². The molecule has 2 unspecified atom stereocenters. The largest absolute Gasteiger partial charge is 0.489 e. The van der Waals surface area contributed by atoms with Gasteiger partial charge in [-0.15, -0.1) is 0 Å². The first-order valence-electron chi connectivity index (χ1n) is 7.61. The average molecular weight is 348 g/mol. The molecule has 0 saturated heterocycles. The van der Waals surface area contributed by atoms with Crippen LogP contribution in [0.1, 0.15) is 27.2 Å². The van der Waals surface area contributed by atoms with Crippen LogP contribution < -0.4 is 10.1 Å². The number of hydrogen-bond donors (Lipinski definition) is 1. The fraction of sp³-hybridized carbons (Fsp3) is 0.444. The Morgan fingerprint density at radius 1 is 1.24 bits per heavy atom. The smallest absolute Gasteiger partial charge is 0.134 e. The van der Waals surface area contributed by atoms with Gasteiger partial charge in [-0.3, -0.25) is 0 Å². The van der Waals surface area contributed by atoms with Gasteiger partial charge >= 0.3 is 0 Å². The molecule has 112 valence electrons. The van der Waals surface area contributed by atoms with E-state index in [9.17, 15) is 0 Å². The Bertz CT molecular complexity index is 653. The number of hydrogen-bond acceptors (Lipinski definition) is 2. The van der Waals surface area contributed by atoms with Gasteiger partial charge in [0.1, 0.15) is 11.9 Å². The number of fused-ring (bicyclic) bond motifs is 1. The highest BCUT2D eigenvalue weighted by Crippen LogP contribution is 2.44. The fourth-order valence-corrected chi connectivity index (χ4v) is 3.72. The van der Waals surface area contributed by atoms with Gasteiger partial charge in [-0.2, -0.15) is 0 Å². The first-order chi connectivity index (χ1) is 10.0. The number of halogens is 1. The van der Waals surface area contributed by atoms with Gasteiger partial charge in [-0.1, -0.05) is 51.1 Å². The molecule has 0 bridgehead atoms. The van der Waals surface area contributed by atoms with Crippen molar-refractivity contribution >= 4 is 26.7 Å². The van der Waals surface area contributed by atoms with Gasteiger partial charge in [0, 0.05) is 17.9 Å². The molecule has 1 aliphatic rings. The summed E-state index contributed by atoms with van der Waals surface area (Å²) in [5, 5.41) is 5.98. The Kier molecular flexibility index (Phi) is 3.98. The lowest BCUT2D eigenvalue weighted by Gasteiger charge is -2.51. The van der Waals surface area contributed by atoms with Gasteiger partial charge in [0.15, 0.2) is 0 Å². The minimum atomic E-state index is 0.168. The van der Waals surface area contributed by atoms with Crippen LogP contribution in [0.3, 0.4) is 0 Å². The van der Waals surface area contributed by atoms with Crippen molar-refractivity contribution in [3.8, 4) is 5.75 Å². The lowest BCUT2D eigenvalue weighted by Crippen LogP contribution is -2.62. The quantitative estimate of drug-likeness (QED) is 0.860. The zero-order chi connectivity index (χ0) is 15.0. The summed E-state index contributed by atoms with van der Waals surface area (Å²) in [5.41, 5.74) is 0.168. The summed E-state index contributed by atoms with van der Waals surface area (Å²) in [6.45, 7) is 7.73. The van der Waals surface area contributed by atoms with Gasteiger partial charge in [-0.05, 0) is 39.3 Å². The topological polar surface area (TPSA) is 21.3 Å². The third-order valence-corrected chi connectivity index (χ3v) is 5.54. The first kappa shape index (κ1) is 14.9. The van der Waals surface area contributed by atoms with E-state index in [0.717, 1.165) is 23.2 Å². The maximum Gasteiger partial charge on any atom is 0.134 e. The summed E-state index contributed by atoms with van der Waals surface area (Å²) >= 11 is 3.71. The third-order valence-electron chi connectivity index (χ3n) is 4.73. The Morgan fingerprint density at radius 3 is 2.71 bits per heavy atom. The van der Waals surface area contributed by atoms with E-state index in [-0.39, 0.29) is 11.5 Å². The second-order valence-corrected chi connectivity index (χ2v) is 7.17. The van der Waals surface area contributed by atoms with Gasteiger partial charge in [0.25, 0.3) is 0 Å². The van der Waals surface area contributed by atoms with Gasteiger partial charge in [-0.25, -0.2) is 0 Å². The lowest BCUT2D eigenvalue weighted by molar-refractivity contribution is -0.0544. The maximum atomic E-state index is 6.29. The molecule has 2 aromatic rings. The minimum absolute atomic E-state index is 0.168. The van der Waals surface area contributed by atoms with Crippen LogP contribution in [0.2, 0.25) is 0 Å². The van der Waals surface area contributed by atoms with Crippen molar-refractivity contribution in [1.29, 1.82) is 0 Å². The van der Waals surface area contributed by atoms with E-state index < -0.39 is 0 Å². The molecule has 2 aromatic carbocycles. The van der Waals surface area contributed by atoms with E-state index in [1.807, 2.05) is 0 Å². The molecule has 3 heteroatoms. The summed E-state index contributed by atoms with van der Waals surface area (Å²) < 4.78 is 7.35. The highest BCUT2D eigenvalue weighted by molar-refractivity contribution is 9.10. The SMILES string of the molecule is CCNC1CC(Oc2ccc3ccccc3c2Br)C1(C)C. The number of nitrogens with one attached hydrogen (secondary N) is 1. The number of rotatable bonds is 4. The molecule has 2 nitrogen and oxygen atoms in total. The molecule has 3 rings (SSSR count). The van der Waals surface area contributed by atoms with Crippen LogP contribution in [-0.4, -0.2) is 18.7 Å². The second-order valence-electron chi connectivity index (χ2n) is 6.37. The Balaban J connectivity index is 1.82. The third kappa shape index (κ3) is 2.58. The Labute approximate surface area is 135 Å². The maximum absolute atomic E-state index is 6.29. The van der Waals surface area contributed by atoms with E-state index in [4.69, 9.17) is 4.74 Å². The van der Waals surface area contributed by atoms with Crippen molar-refractivity contribution in [3.05, 3.63) is 40.9 Å². The molecule has 0 heterocycles. The van der Waals surface area contributed by atoms with Crippen LogP contribution in [0.15, 0.2) is 40.9 Å². The fourth-order valence-electron chi connectivity index (χ4n) is 3.14. The summed E-state index contributed by atoms with van der Waals surface area (Å²) in [4.78, 5) is 0. The van der Waals surface area contributed by atoms with E-state index in [2.05, 4.69) is 78.4 Å². The van der Waals surface area contributed by atoms with E-state index in [0.29, 0.717) is 6.04 Å². The number of benzene rings is 2. The van der Waals surface area contributed by atoms with Crippen LogP contribution in [0.5, 0.6) is 5.75 Å². The monoisotopic (exact) mass is 347 g/mol. The van der Waals surface area contributed by atoms with Crippen molar-refractivity contribution in [3.63, 3.8) is 0 Å². The molecule has 0 aromatic heterocycles. The molecule has 1 aliphatic carbocycles. The highest BCUT2D eigenvalue weighted by atomic mass is 79.9. The van der Waals surface area contributed by atoms with Crippen LogP contribution in [0.4, 0.5) is 0 Å². The van der Waals surface area contributed by atoms with Crippen molar-refractivity contribution < 1.29 is 4.74 Å². The summed E-state index contributed by atoms with van der Waals surface area (Å²) in [6.07, 6.45) is 1.33. The van der Waals surface area contributed by atoms with Crippen LogP contribution in [0, 0.1) is 5.41 Å². The van der Waals surface area contributed by atoms with Crippen molar-refractivity contribution in [2.24, 2.45) is 5.41 Å². The van der Waals surface area contributed by atoms with Crippen molar-refractivity contribution in [2.75, 3.05) is 6.54 Å². The normalized spacial score (nSPS) is 23.8. The minimum Gasteiger partial charge on any atom is -0.489 e. The van der Waals surface area contributed by atoms with E-state index in [1.165, 1.54) is 10.8 Å². The first-order valence-corrected chi connectivity index (χ1v) is 8.40. The molecule has 1 fully saturated rings. The summed E-state index contributed by atoms with van der Waals surface area (Å²) in [5.74, 6) is 0.946. The predicted octanol–water partition coefficient (Wildman–Crippen LogP) is 4.76. The predicted molar refractivity (Wildman–Crippen MR) is 91.9 cm³/mol. The summed E-state index contributed by atoms with van der Waals surface area (Å²) in [6, 6.07) is 13.1. The molecule has 0 spiro atoms. The van der Waals surface area contributed by atoms with Gasteiger partial charge in [0.05, 0.1) is 4.47 Å². The molecular weight excluding hydrogens is 326 g/mol. The number of ether oxygens (including phenoxy) is 1. The summed E-state index contributed by atoms with van der Waals surface area (Å²) in [7, 11) is 0. The molecule has 0 amide bonds. The molecule has 1 saturated carbocycles. The zero-order valence-corrected chi connectivity index (χ0v) is 14.4. The lowest BCUT2D eigenvalue weighted by atomic mass is 9.64. The molecule has 0 radical (unpaired) electrons. The van der Waals surface area contributed by atoms with E-state index >= 15 is 0 Å². The zero-order valence-electron chi connectivity index (χ0n) is 12.8. The molecule has 0 aliphatic heterocycles.